The van der Waals surface area contributed by atoms with Gasteiger partial charge in [-0.05, 0) is 43.7 Å². The summed E-state index contributed by atoms with van der Waals surface area (Å²) in [5.41, 5.74) is 0.805. The Morgan fingerprint density at radius 2 is 1.65 bits per heavy atom. The molecular formula is C19H23NO5S. The summed E-state index contributed by atoms with van der Waals surface area (Å²) in [6, 6.07) is 13.2. The summed E-state index contributed by atoms with van der Waals surface area (Å²) in [7, 11) is -1.68. The zero-order valence-corrected chi connectivity index (χ0v) is 16.0. The van der Waals surface area contributed by atoms with Crippen molar-refractivity contribution in [3.63, 3.8) is 0 Å². The summed E-state index contributed by atoms with van der Waals surface area (Å²) in [4.78, 5) is 12.6. The number of benzene rings is 2. The molecule has 7 heteroatoms. The number of carbonyl (C=O) groups excluding carboxylic acids is 1. The van der Waals surface area contributed by atoms with E-state index in [4.69, 9.17) is 9.47 Å². The van der Waals surface area contributed by atoms with E-state index in [1.807, 2.05) is 6.92 Å². The maximum absolute atomic E-state index is 12.3. The minimum absolute atomic E-state index is 0.245. The molecule has 0 aromatic heterocycles. The highest BCUT2D eigenvalue weighted by atomic mass is 32.2. The van der Waals surface area contributed by atoms with Crippen LogP contribution in [-0.4, -0.2) is 33.8 Å². The molecule has 0 aliphatic heterocycles. The zero-order chi connectivity index (χ0) is 19.3. The quantitative estimate of drug-likeness (QED) is 0.802. The maximum Gasteiger partial charge on any atom is 0.261 e. The molecule has 2 aromatic rings. The third-order valence-corrected chi connectivity index (χ3v) is 5.02. The van der Waals surface area contributed by atoms with Crippen LogP contribution in [0.3, 0.4) is 0 Å². The third-order valence-electron chi connectivity index (χ3n) is 3.89. The third kappa shape index (κ3) is 5.23. The number of carbonyl (C=O) groups is 1. The summed E-state index contributed by atoms with van der Waals surface area (Å²) in [5.74, 6) is 0.916. The average molecular weight is 377 g/mol. The van der Waals surface area contributed by atoms with Gasteiger partial charge in [-0.25, -0.2) is 8.42 Å². The molecule has 0 unspecified atom stereocenters. The molecule has 2 aromatic carbocycles. The predicted octanol–water partition coefficient (Wildman–Crippen LogP) is 2.74. The van der Waals surface area contributed by atoms with Crippen molar-refractivity contribution in [1.29, 1.82) is 0 Å². The number of rotatable bonds is 7. The van der Waals surface area contributed by atoms with Gasteiger partial charge in [-0.3, -0.25) is 4.79 Å². The summed E-state index contributed by atoms with van der Waals surface area (Å²) in [6.07, 6.45) is 0.463. The van der Waals surface area contributed by atoms with Crippen LogP contribution in [0, 0.1) is 0 Å². The first-order valence-electron chi connectivity index (χ1n) is 8.12. The van der Waals surface area contributed by atoms with Crippen LogP contribution >= 0.6 is 0 Å². The SMILES string of the molecule is COc1cccc(O[C@@H](C)C(=O)N[C@@H](C)c2ccc(S(C)(=O)=O)cc2)c1. The Bertz CT molecular complexity index is 862. The molecule has 0 aliphatic rings. The summed E-state index contributed by atoms with van der Waals surface area (Å²) in [5, 5.41) is 2.86. The van der Waals surface area contributed by atoms with Crippen LogP contribution in [0.4, 0.5) is 0 Å². The van der Waals surface area contributed by atoms with Crippen molar-refractivity contribution in [2.45, 2.75) is 30.9 Å². The van der Waals surface area contributed by atoms with Crippen molar-refractivity contribution in [3.05, 3.63) is 54.1 Å². The second kappa shape index (κ2) is 8.23. The summed E-state index contributed by atoms with van der Waals surface area (Å²) in [6.45, 7) is 3.49. The van der Waals surface area contributed by atoms with Crippen LogP contribution in [0.15, 0.2) is 53.4 Å². The molecule has 2 atom stereocenters. The van der Waals surface area contributed by atoms with E-state index >= 15 is 0 Å². The summed E-state index contributed by atoms with van der Waals surface area (Å²) < 4.78 is 33.8. The van der Waals surface area contributed by atoms with E-state index in [9.17, 15) is 13.2 Å². The molecule has 2 rings (SSSR count). The Kier molecular flexibility index (Phi) is 6.26. The van der Waals surface area contributed by atoms with Gasteiger partial charge in [-0.15, -0.1) is 0 Å². The molecule has 6 nitrogen and oxygen atoms in total. The van der Waals surface area contributed by atoms with Gasteiger partial charge in [0, 0.05) is 12.3 Å². The number of methoxy groups -OCH3 is 1. The largest absolute Gasteiger partial charge is 0.497 e. The van der Waals surface area contributed by atoms with Gasteiger partial charge in [-0.1, -0.05) is 18.2 Å². The first-order valence-corrected chi connectivity index (χ1v) is 10.0. The summed E-state index contributed by atoms with van der Waals surface area (Å²) >= 11 is 0. The van der Waals surface area contributed by atoms with Crippen molar-refractivity contribution in [3.8, 4) is 11.5 Å². The van der Waals surface area contributed by atoms with Crippen molar-refractivity contribution in [2.24, 2.45) is 0 Å². The standard InChI is InChI=1S/C19H23NO5S/c1-13(15-8-10-18(11-9-15)26(4,22)23)20-19(21)14(2)25-17-7-5-6-16(12-17)24-3/h5-14H,1-4H3,(H,20,21)/t13-,14-/m0/s1. The van der Waals surface area contributed by atoms with E-state index in [2.05, 4.69) is 5.32 Å². The smallest absolute Gasteiger partial charge is 0.261 e. The molecule has 1 N–H and O–H groups in total. The fourth-order valence-electron chi connectivity index (χ4n) is 2.35. The van der Waals surface area contributed by atoms with Gasteiger partial charge in [-0.2, -0.15) is 0 Å². The normalized spacial score (nSPS) is 13.5. The van der Waals surface area contributed by atoms with E-state index in [1.54, 1.807) is 50.4 Å². The molecule has 0 radical (unpaired) electrons. The number of amides is 1. The lowest BCUT2D eigenvalue weighted by atomic mass is 10.1. The van der Waals surface area contributed by atoms with E-state index in [1.165, 1.54) is 12.1 Å². The molecule has 1 amide bonds. The van der Waals surface area contributed by atoms with E-state index < -0.39 is 15.9 Å². The van der Waals surface area contributed by atoms with Gasteiger partial charge in [0.2, 0.25) is 0 Å². The van der Waals surface area contributed by atoms with Crippen molar-refractivity contribution >= 4 is 15.7 Å². The molecule has 0 bridgehead atoms. The van der Waals surface area contributed by atoms with Crippen molar-refractivity contribution < 1.29 is 22.7 Å². The van der Waals surface area contributed by atoms with Crippen LogP contribution < -0.4 is 14.8 Å². The lowest BCUT2D eigenvalue weighted by molar-refractivity contribution is -0.127. The monoisotopic (exact) mass is 377 g/mol. The van der Waals surface area contributed by atoms with Gasteiger partial charge in [0.25, 0.3) is 5.91 Å². The topological polar surface area (TPSA) is 81.7 Å². The van der Waals surface area contributed by atoms with Crippen LogP contribution in [0.2, 0.25) is 0 Å². The van der Waals surface area contributed by atoms with Gasteiger partial charge < -0.3 is 14.8 Å². The molecule has 26 heavy (non-hydrogen) atoms. The Hall–Kier alpha value is -2.54. The Labute approximate surface area is 154 Å². The Balaban J connectivity index is 1.99. The minimum atomic E-state index is -3.24. The average Bonchev–Trinajstić information content (AvgIpc) is 2.61. The molecule has 0 fully saturated rings. The van der Waals surface area contributed by atoms with E-state index in [0.717, 1.165) is 11.8 Å². The molecule has 0 heterocycles. The number of hydrogen-bond acceptors (Lipinski definition) is 5. The van der Waals surface area contributed by atoms with Crippen LogP contribution in [0.5, 0.6) is 11.5 Å². The molecule has 0 saturated carbocycles. The first-order chi connectivity index (χ1) is 12.2. The molecular weight excluding hydrogens is 354 g/mol. The van der Waals surface area contributed by atoms with E-state index in [0.29, 0.717) is 11.5 Å². The number of sulfone groups is 1. The maximum atomic E-state index is 12.3. The lowest BCUT2D eigenvalue weighted by Gasteiger charge is -2.19. The second-order valence-electron chi connectivity index (χ2n) is 6.01. The number of hydrogen-bond donors (Lipinski definition) is 1. The van der Waals surface area contributed by atoms with Gasteiger partial charge in [0.05, 0.1) is 18.0 Å². The Morgan fingerprint density at radius 3 is 2.23 bits per heavy atom. The number of ether oxygens (including phenoxy) is 2. The molecule has 0 aliphatic carbocycles. The highest BCUT2D eigenvalue weighted by Crippen LogP contribution is 2.21. The molecule has 0 spiro atoms. The fourth-order valence-corrected chi connectivity index (χ4v) is 2.98. The van der Waals surface area contributed by atoms with Crippen molar-refractivity contribution in [2.75, 3.05) is 13.4 Å². The number of nitrogens with one attached hydrogen (secondary N) is 1. The second-order valence-corrected chi connectivity index (χ2v) is 8.03. The fraction of sp³-hybridized carbons (Fsp3) is 0.316. The Morgan fingerprint density at radius 1 is 1.04 bits per heavy atom. The van der Waals surface area contributed by atoms with E-state index in [-0.39, 0.29) is 16.8 Å². The van der Waals surface area contributed by atoms with Gasteiger partial charge in [0.15, 0.2) is 15.9 Å². The highest BCUT2D eigenvalue weighted by Gasteiger charge is 2.18. The zero-order valence-electron chi connectivity index (χ0n) is 15.2. The van der Waals surface area contributed by atoms with Gasteiger partial charge >= 0.3 is 0 Å². The first kappa shape index (κ1) is 19.8. The lowest BCUT2D eigenvalue weighted by Crippen LogP contribution is -2.37. The predicted molar refractivity (Wildman–Crippen MR) is 99.2 cm³/mol. The molecule has 140 valence electrons. The molecule has 0 saturated heterocycles. The van der Waals surface area contributed by atoms with Crippen molar-refractivity contribution in [1.82, 2.24) is 5.32 Å². The minimum Gasteiger partial charge on any atom is -0.497 e. The highest BCUT2D eigenvalue weighted by molar-refractivity contribution is 7.90. The van der Waals surface area contributed by atoms with Crippen LogP contribution in [0.25, 0.3) is 0 Å². The van der Waals surface area contributed by atoms with Crippen LogP contribution in [-0.2, 0) is 14.6 Å². The van der Waals surface area contributed by atoms with Gasteiger partial charge in [0.1, 0.15) is 11.5 Å². The van der Waals surface area contributed by atoms with Crippen LogP contribution in [0.1, 0.15) is 25.5 Å².